The summed E-state index contributed by atoms with van der Waals surface area (Å²) < 4.78 is 25.7. The molecule has 1 aromatic carbocycles. The highest BCUT2D eigenvalue weighted by Crippen LogP contribution is 2.30. The van der Waals surface area contributed by atoms with Crippen LogP contribution in [0.5, 0.6) is 0 Å². The number of amides is 1. The van der Waals surface area contributed by atoms with Crippen LogP contribution in [0.15, 0.2) is 30.3 Å². The van der Waals surface area contributed by atoms with Crippen molar-refractivity contribution >= 4 is 33.0 Å². The van der Waals surface area contributed by atoms with E-state index < -0.39 is 10.0 Å². The van der Waals surface area contributed by atoms with Gasteiger partial charge >= 0.3 is 0 Å². The summed E-state index contributed by atoms with van der Waals surface area (Å²) in [7, 11) is -3.20. The molecule has 7 nitrogen and oxygen atoms in total. The minimum absolute atomic E-state index is 0.00847. The van der Waals surface area contributed by atoms with Crippen molar-refractivity contribution in [3.05, 3.63) is 40.3 Å². The second kappa shape index (κ2) is 7.59. The van der Waals surface area contributed by atoms with Gasteiger partial charge < -0.3 is 5.32 Å². The van der Waals surface area contributed by atoms with E-state index in [-0.39, 0.29) is 22.6 Å². The third-order valence-electron chi connectivity index (χ3n) is 4.16. The molecule has 1 aliphatic heterocycles. The fourth-order valence-corrected chi connectivity index (χ4v) is 4.82. The van der Waals surface area contributed by atoms with E-state index in [4.69, 9.17) is 0 Å². The molecule has 1 amide bonds. The van der Waals surface area contributed by atoms with Gasteiger partial charge in [0.1, 0.15) is 5.01 Å². The summed E-state index contributed by atoms with van der Waals surface area (Å²) in [5, 5.41) is 11.9. The van der Waals surface area contributed by atoms with Gasteiger partial charge in [0.2, 0.25) is 15.0 Å². The molecule has 0 saturated carbocycles. The predicted octanol–water partition coefficient (Wildman–Crippen LogP) is 2.32. The highest BCUT2D eigenvalue weighted by Gasteiger charge is 2.30. The molecule has 9 heteroatoms. The van der Waals surface area contributed by atoms with Gasteiger partial charge in [0.05, 0.1) is 5.75 Å². The zero-order valence-corrected chi connectivity index (χ0v) is 15.5. The Labute approximate surface area is 151 Å². The number of carbonyl (C=O) groups excluding carboxylic acids is 1. The Balaban J connectivity index is 1.69. The largest absolute Gasteiger partial charge is 0.320 e. The second-order valence-corrected chi connectivity index (χ2v) is 9.13. The van der Waals surface area contributed by atoms with Crippen molar-refractivity contribution in [2.75, 3.05) is 24.2 Å². The van der Waals surface area contributed by atoms with Crippen LogP contribution in [-0.4, -0.2) is 47.7 Å². The fourth-order valence-electron chi connectivity index (χ4n) is 2.78. The maximum absolute atomic E-state index is 12.3. The normalized spacial score (nSPS) is 18.8. The van der Waals surface area contributed by atoms with E-state index >= 15 is 0 Å². The van der Waals surface area contributed by atoms with E-state index in [1.807, 2.05) is 18.2 Å². The minimum Gasteiger partial charge on any atom is -0.320 e. The lowest BCUT2D eigenvalue weighted by Gasteiger charge is -2.30. The van der Waals surface area contributed by atoms with Crippen molar-refractivity contribution in [3.8, 4) is 0 Å². The lowest BCUT2D eigenvalue weighted by atomic mass is 10.0. The Hall–Kier alpha value is -1.84. The highest BCUT2D eigenvalue weighted by atomic mass is 32.2. The molecule has 2 heterocycles. The first-order valence-electron chi connectivity index (χ1n) is 8.17. The summed E-state index contributed by atoms with van der Waals surface area (Å²) in [5.41, 5.74) is 0.696. The van der Waals surface area contributed by atoms with Crippen molar-refractivity contribution in [2.45, 2.75) is 25.7 Å². The SMILES string of the molecule is CCS(=O)(=O)N1CCC[C@@H](c2nnc(C(=O)Nc3ccccc3)s2)C1. The molecule has 0 unspecified atom stereocenters. The van der Waals surface area contributed by atoms with Crippen LogP contribution in [-0.2, 0) is 10.0 Å². The zero-order valence-electron chi connectivity index (χ0n) is 13.9. The molecule has 25 heavy (non-hydrogen) atoms. The molecule has 2 aromatic rings. The predicted molar refractivity (Wildman–Crippen MR) is 97.3 cm³/mol. The second-order valence-electron chi connectivity index (χ2n) is 5.86. The molecule has 1 saturated heterocycles. The fraction of sp³-hybridized carbons (Fsp3) is 0.438. The number of para-hydroxylation sites is 1. The Morgan fingerprint density at radius 3 is 2.80 bits per heavy atom. The molecule has 134 valence electrons. The molecule has 1 N–H and O–H groups in total. The van der Waals surface area contributed by atoms with Gasteiger partial charge in [0, 0.05) is 24.7 Å². The number of nitrogens with zero attached hydrogens (tertiary/aromatic N) is 3. The minimum atomic E-state index is -3.20. The first-order valence-corrected chi connectivity index (χ1v) is 10.6. The van der Waals surface area contributed by atoms with Crippen LogP contribution in [0.4, 0.5) is 5.69 Å². The van der Waals surface area contributed by atoms with E-state index in [9.17, 15) is 13.2 Å². The van der Waals surface area contributed by atoms with Crippen LogP contribution < -0.4 is 5.32 Å². The van der Waals surface area contributed by atoms with E-state index in [1.54, 1.807) is 19.1 Å². The van der Waals surface area contributed by atoms with Gasteiger partial charge in [-0.3, -0.25) is 4.79 Å². The van der Waals surface area contributed by atoms with Crippen molar-refractivity contribution in [3.63, 3.8) is 0 Å². The Morgan fingerprint density at radius 2 is 2.08 bits per heavy atom. The van der Waals surface area contributed by atoms with E-state index in [0.29, 0.717) is 23.8 Å². The summed E-state index contributed by atoms with van der Waals surface area (Å²) in [6, 6.07) is 9.15. The maximum Gasteiger partial charge on any atom is 0.286 e. The van der Waals surface area contributed by atoms with E-state index in [1.165, 1.54) is 15.6 Å². The zero-order chi connectivity index (χ0) is 17.9. The molecule has 0 aliphatic carbocycles. The van der Waals surface area contributed by atoms with Crippen molar-refractivity contribution in [1.82, 2.24) is 14.5 Å². The average Bonchev–Trinajstić information content (AvgIpc) is 3.13. The van der Waals surface area contributed by atoms with Crippen LogP contribution in [0.25, 0.3) is 0 Å². The Morgan fingerprint density at radius 1 is 1.32 bits per heavy atom. The summed E-state index contributed by atoms with van der Waals surface area (Å²) in [6.07, 6.45) is 1.64. The van der Waals surface area contributed by atoms with Gasteiger partial charge in [0.25, 0.3) is 5.91 Å². The lowest BCUT2D eigenvalue weighted by Crippen LogP contribution is -2.39. The van der Waals surface area contributed by atoms with Crippen LogP contribution in [0.3, 0.4) is 0 Å². The van der Waals surface area contributed by atoms with Gasteiger partial charge in [-0.1, -0.05) is 29.5 Å². The standard InChI is InChI=1S/C16H20N4O3S2/c1-2-25(22,23)20-10-6-7-12(11-20)15-18-19-16(24-15)14(21)17-13-8-4-3-5-9-13/h3-5,8-9,12H,2,6-7,10-11H2,1H3,(H,17,21)/t12-/m1/s1. The highest BCUT2D eigenvalue weighted by molar-refractivity contribution is 7.89. The number of nitrogens with one attached hydrogen (secondary N) is 1. The third kappa shape index (κ3) is 4.23. The number of anilines is 1. The number of hydrogen-bond acceptors (Lipinski definition) is 6. The molecule has 1 aliphatic rings. The molecular formula is C16H20N4O3S2. The first kappa shape index (κ1) is 18.0. The van der Waals surface area contributed by atoms with Crippen LogP contribution >= 0.6 is 11.3 Å². The van der Waals surface area contributed by atoms with E-state index in [0.717, 1.165) is 12.8 Å². The van der Waals surface area contributed by atoms with Crippen molar-refractivity contribution < 1.29 is 13.2 Å². The summed E-state index contributed by atoms with van der Waals surface area (Å²) in [6.45, 7) is 2.61. The van der Waals surface area contributed by atoms with Crippen LogP contribution in [0.1, 0.15) is 40.5 Å². The number of benzene rings is 1. The Bertz CT molecular complexity index is 836. The molecule has 1 fully saturated rings. The van der Waals surface area contributed by atoms with Gasteiger partial charge in [-0.2, -0.15) is 0 Å². The number of hydrogen-bond donors (Lipinski definition) is 1. The summed E-state index contributed by atoms with van der Waals surface area (Å²) in [4.78, 5) is 12.3. The number of sulfonamides is 1. The number of aromatic nitrogens is 2. The lowest BCUT2D eigenvalue weighted by molar-refractivity contribution is 0.102. The third-order valence-corrected chi connectivity index (χ3v) is 7.09. The molecule has 0 spiro atoms. The van der Waals surface area contributed by atoms with E-state index in [2.05, 4.69) is 15.5 Å². The average molecular weight is 380 g/mol. The molecular weight excluding hydrogens is 360 g/mol. The summed E-state index contributed by atoms with van der Waals surface area (Å²) >= 11 is 1.23. The molecule has 1 atom stereocenters. The van der Waals surface area contributed by atoms with Gasteiger partial charge in [-0.05, 0) is 31.9 Å². The number of rotatable bonds is 5. The first-order chi connectivity index (χ1) is 12.0. The molecule has 0 radical (unpaired) electrons. The Kier molecular flexibility index (Phi) is 5.45. The van der Waals surface area contributed by atoms with Crippen LogP contribution in [0.2, 0.25) is 0 Å². The quantitative estimate of drug-likeness (QED) is 0.859. The smallest absolute Gasteiger partial charge is 0.286 e. The molecule has 0 bridgehead atoms. The van der Waals surface area contributed by atoms with Gasteiger partial charge in [0.15, 0.2) is 0 Å². The van der Waals surface area contributed by atoms with Gasteiger partial charge in [-0.25, -0.2) is 12.7 Å². The number of carbonyl (C=O) groups is 1. The number of piperidine rings is 1. The molecule has 3 rings (SSSR count). The molecule has 1 aromatic heterocycles. The topological polar surface area (TPSA) is 92.3 Å². The van der Waals surface area contributed by atoms with Gasteiger partial charge in [-0.15, -0.1) is 10.2 Å². The monoisotopic (exact) mass is 380 g/mol. The van der Waals surface area contributed by atoms with Crippen molar-refractivity contribution in [2.24, 2.45) is 0 Å². The van der Waals surface area contributed by atoms with Crippen molar-refractivity contribution in [1.29, 1.82) is 0 Å². The summed E-state index contributed by atoms with van der Waals surface area (Å²) in [5.74, 6) is -0.213. The maximum atomic E-state index is 12.3. The van der Waals surface area contributed by atoms with Crippen LogP contribution in [0, 0.1) is 0 Å².